The monoisotopic (exact) mass is 571 g/mol. The molecule has 2 amide bonds. The van der Waals surface area contributed by atoms with Crippen LogP contribution in [0, 0.1) is 0 Å². The standard InChI is InChI=1S/C23H27N3O7.C2HF3O2/c1-2-31-19(27)14-33-18-5-3-4-17(12-18)26-10-11-32-21(23(26)30)20(28)22(29)25-16-8-6-15(13-24)7-9-16;3-2(4,5)1(6)7/h3-9,12,20-21,28H,2,10-11,13-14,24H2,1H3,(H,25,29);(H,6,7)/t20-,21-;/m1./s1. The molecule has 1 heterocycles. The van der Waals surface area contributed by atoms with E-state index in [1.54, 1.807) is 55.5 Å². The van der Waals surface area contributed by atoms with Crippen LogP contribution in [0.4, 0.5) is 24.5 Å². The molecule has 0 aromatic heterocycles. The second kappa shape index (κ2) is 14.8. The molecule has 40 heavy (non-hydrogen) atoms. The SMILES string of the molecule is CCOC(=O)COc1cccc(N2CCO[C@H]([C@@H](O)C(=O)Nc3ccc(CN)cc3)C2=O)c1.O=C(O)C(F)(F)F. The van der Waals surface area contributed by atoms with E-state index in [4.69, 9.17) is 29.8 Å². The Kier molecular flexibility index (Phi) is 11.8. The number of nitrogens with zero attached hydrogens (tertiary/aromatic N) is 1. The second-order valence-corrected chi connectivity index (χ2v) is 8.01. The highest BCUT2D eigenvalue weighted by Crippen LogP contribution is 2.25. The molecular formula is C25H28F3N3O9. The zero-order valence-corrected chi connectivity index (χ0v) is 21.2. The molecule has 1 aliphatic heterocycles. The lowest BCUT2D eigenvalue weighted by atomic mass is 10.1. The number of carbonyl (C=O) groups excluding carboxylic acids is 3. The van der Waals surface area contributed by atoms with Gasteiger partial charge in [-0.25, -0.2) is 9.59 Å². The molecule has 1 aliphatic rings. The molecule has 218 valence electrons. The van der Waals surface area contributed by atoms with Crippen molar-refractivity contribution in [3.63, 3.8) is 0 Å². The van der Waals surface area contributed by atoms with Crippen LogP contribution in [-0.2, 0) is 35.2 Å². The predicted molar refractivity (Wildman–Crippen MR) is 133 cm³/mol. The van der Waals surface area contributed by atoms with Gasteiger partial charge in [0.2, 0.25) is 0 Å². The lowest BCUT2D eigenvalue weighted by Gasteiger charge is -2.34. The summed E-state index contributed by atoms with van der Waals surface area (Å²) < 4.78 is 47.4. The number of aliphatic carboxylic acids is 1. The Morgan fingerprint density at radius 1 is 1.20 bits per heavy atom. The number of nitrogens with one attached hydrogen (secondary N) is 1. The van der Waals surface area contributed by atoms with E-state index in [0.29, 0.717) is 23.7 Å². The summed E-state index contributed by atoms with van der Waals surface area (Å²) >= 11 is 0. The molecule has 2 aromatic carbocycles. The van der Waals surface area contributed by atoms with Crippen molar-refractivity contribution in [3.05, 3.63) is 54.1 Å². The van der Waals surface area contributed by atoms with Crippen LogP contribution >= 0.6 is 0 Å². The first kappa shape index (κ1) is 32.0. The number of carboxylic acids is 1. The molecule has 0 radical (unpaired) electrons. The maximum Gasteiger partial charge on any atom is 0.490 e. The number of anilines is 2. The van der Waals surface area contributed by atoms with Gasteiger partial charge in [-0.3, -0.25) is 9.59 Å². The van der Waals surface area contributed by atoms with E-state index in [0.717, 1.165) is 5.56 Å². The minimum absolute atomic E-state index is 0.125. The van der Waals surface area contributed by atoms with Crippen LogP contribution in [0.3, 0.4) is 0 Å². The summed E-state index contributed by atoms with van der Waals surface area (Å²) in [5.74, 6) is -4.22. The highest BCUT2D eigenvalue weighted by Gasteiger charge is 2.40. The molecule has 3 rings (SSSR count). The van der Waals surface area contributed by atoms with Crippen molar-refractivity contribution in [2.45, 2.75) is 31.9 Å². The fourth-order valence-electron chi connectivity index (χ4n) is 3.25. The molecule has 2 atom stereocenters. The quantitative estimate of drug-likeness (QED) is 0.322. The fraction of sp³-hybridized carbons (Fsp3) is 0.360. The van der Waals surface area contributed by atoms with Crippen molar-refractivity contribution in [2.24, 2.45) is 5.73 Å². The minimum Gasteiger partial charge on any atom is -0.482 e. The minimum atomic E-state index is -5.08. The van der Waals surface area contributed by atoms with E-state index in [1.165, 1.54) is 4.90 Å². The first-order valence-electron chi connectivity index (χ1n) is 11.8. The lowest BCUT2D eigenvalue weighted by Crippen LogP contribution is -2.55. The van der Waals surface area contributed by atoms with Gasteiger partial charge in [0.15, 0.2) is 18.8 Å². The van der Waals surface area contributed by atoms with Crippen molar-refractivity contribution in [1.29, 1.82) is 0 Å². The fourth-order valence-corrected chi connectivity index (χ4v) is 3.25. The topological polar surface area (TPSA) is 178 Å². The van der Waals surface area contributed by atoms with Gasteiger partial charge in [0.1, 0.15) is 5.75 Å². The lowest BCUT2D eigenvalue weighted by molar-refractivity contribution is -0.192. The molecule has 2 aromatic rings. The number of alkyl halides is 3. The van der Waals surface area contributed by atoms with E-state index in [9.17, 15) is 32.7 Å². The zero-order chi connectivity index (χ0) is 29.9. The summed E-state index contributed by atoms with van der Waals surface area (Å²) in [4.78, 5) is 47.3. The van der Waals surface area contributed by atoms with Crippen molar-refractivity contribution < 1.29 is 56.8 Å². The summed E-state index contributed by atoms with van der Waals surface area (Å²) in [6.07, 6.45) is -8.16. The number of amides is 2. The largest absolute Gasteiger partial charge is 0.490 e. The van der Waals surface area contributed by atoms with Crippen LogP contribution < -0.4 is 20.7 Å². The number of benzene rings is 2. The molecule has 1 fully saturated rings. The predicted octanol–water partition coefficient (Wildman–Crippen LogP) is 1.45. The van der Waals surface area contributed by atoms with Gasteiger partial charge in [-0.15, -0.1) is 0 Å². The van der Waals surface area contributed by atoms with Gasteiger partial charge in [0.05, 0.1) is 13.2 Å². The third kappa shape index (κ3) is 9.52. The number of halogens is 3. The maximum absolute atomic E-state index is 13.0. The van der Waals surface area contributed by atoms with Gasteiger partial charge in [-0.05, 0) is 36.8 Å². The molecule has 0 bridgehead atoms. The first-order chi connectivity index (χ1) is 18.9. The van der Waals surface area contributed by atoms with E-state index in [2.05, 4.69) is 5.32 Å². The summed E-state index contributed by atoms with van der Waals surface area (Å²) in [5, 5.41) is 20.2. The zero-order valence-electron chi connectivity index (χ0n) is 21.2. The normalized spacial score (nSPS) is 15.8. The maximum atomic E-state index is 13.0. The second-order valence-electron chi connectivity index (χ2n) is 8.01. The van der Waals surface area contributed by atoms with Gasteiger partial charge < -0.3 is 40.4 Å². The number of nitrogens with two attached hydrogens (primary N) is 1. The van der Waals surface area contributed by atoms with Crippen molar-refractivity contribution in [3.8, 4) is 5.75 Å². The molecule has 5 N–H and O–H groups in total. The Morgan fingerprint density at radius 2 is 1.85 bits per heavy atom. The highest BCUT2D eigenvalue weighted by atomic mass is 19.4. The number of carboxylic acid groups (broad SMARTS) is 1. The van der Waals surface area contributed by atoms with Crippen molar-refractivity contribution in [2.75, 3.05) is 36.6 Å². The number of morpholine rings is 1. The van der Waals surface area contributed by atoms with Crippen LogP contribution in [0.15, 0.2) is 48.5 Å². The summed E-state index contributed by atoms with van der Waals surface area (Å²) in [6, 6.07) is 13.4. The molecule has 0 unspecified atom stereocenters. The molecule has 12 nitrogen and oxygen atoms in total. The first-order valence-corrected chi connectivity index (χ1v) is 11.8. The number of esters is 1. The van der Waals surface area contributed by atoms with E-state index in [1.807, 2.05) is 0 Å². The Balaban J connectivity index is 0.000000708. The van der Waals surface area contributed by atoms with Gasteiger partial charge >= 0.3 is 18.1 Å². The Hall–Kier alpha value is -4.21. The Bertz CT molecular complexity index is 1180. The summed E-state index contributed by atoms with van der Waals surface area (Å²) in [6.45, 7) is 2.41. The van der Waals surface area contributed by atoms with Gasteiger partial charge in [0.25, 0.3) is 11.8 Å². The van der Waals surface area contributed by atoms with Crippen LogP contribution in [-0.4, -0.2) is 78.7 Å². The number of aliphatic hydroxyl groups is 1. The molecule has 1 saturated heterocycles. The highest BCUT2D eigenvalue weighted by molar-refractivity contribution is 6.03. The van der Waals surface area contributed by atoms with Crippen LogP contribution in [0.25, 0.3) is 0 Å². The number of hydrogen-bond acceptors (Lipinski definition) is 9. The number of aliphatic hydroxyl groups excluding tert-OH is 1. The van der Waals surface area contributed by atoms with Crippen molar-refractivity contribution >= 4 is 35.1 Å². The summed E-state index contributed by atoms with van der Waals surface area (Å²) in [5.41, 5.74) is 7.40. The van der Waals surface area contributed by atoms with E-state index < -0.39 is 42.1 Å². The number of carbonyl (C=O) groups is 4. The molecule has 15 heteroatoms. The Labute approximate surface area is 226 Å². The molecular weight excluding hydrogens is 543 g/mol. The number of ether oxygens (including phenoxy) is 3. The van der Waals surface area contributed by atoms with Gasteiger partial charge in [-0.2, -0.15) is 13.2 Å². The number of hydrogen-bond donors (Lipinski definition) is 4. The van der Waals surface area contributed by atoms with Crippen LogP contribution in [0.5, 0.6) is 5.75 Å². The van der Waals surface area contributed by atoms with Crippen molar-refractivity contribution in [1.82, 2.24) is 0 Å². The smallest absolute Gasteiger partial charge is 0.482 e. The van der Waals surface area contributed by atoms with E-state index in [-0.39, 0.29) is 26.4 Å². The third-order valence-electron chi connectivity index (χ3n) is 5.17. The molecule has 0 aliphatic carbocycles. The molecule has 0 spiro atoms. The van der Waals surface area contributed by atoms with Gasteiger partial charge in [0, 0.05) is 30.5 Å². The third-order valence-corrected chi connectivity index (χ3v) is 5.17. The summed E-state index contributed by atoms with van der Waals surface area (Å²) in [7, 11) is 0. The average molecular weight is 572 g/mol. The van der Waals surface area contributed by atoms with Crippen LogP contribution in [0.2, 0.25) is 0 Å². The molecule has 0 saturated carbocycles. The van der Waals surface area contributed by atoms with Crippen LogP contribution in [0.1, 0.15) is 12.5 Å². The number of rotatable bonds is 9. The van der Waals surface area contributed by atoms with E-state index >= 15 is 0 Å². The van der Waals surface area contributed by atoms with Gasteiger partial charge in [-0.1, -0.05) is 18.2 Å². The average Bonchev–Trinajstić information content (AvgIpc) is 2.92. The Morgan fingerprint density at radius 3 is 2.42 bits per heavy atom.